The van der Waals surface area contributed by atoms with Gasteiger partial charge >= 0.3 is 148 Å². The van der Waals surface area contributed by atoms with Crippen LogP contribution in [0.15, 0.2) is 12.5 Å². The molecule has 129 valence electrons. The summed E-state index contributed by atoms with van der Waals surface area (Å²) in [5, 5.41) is 2.84. The van der Waals surface area contributed by atoms with Crippen molar-refractivity contribution in [2.24, 2.45) is 0 Å². The molecule has 4 nitrogen and oxygen atoms in total. The Morgan fingerprint density at radius 2 is 2.21 bits per heavy atom. The summed E-state index contributed by atoms with van der Waals surface area (Å²) < 4.78 is 27.5. The van der Waals surface area contributed by atoms with Crippen LogP contribution in [0.1, 0.15) is 56.3 Å². The first-order valence-electron chi connectivity index (χ1n) is 7.97. The van der Waals surface area contributed by atoms with Crippen LogP contribution in [-0.2, 0) is 0 Å². The van der Waals surface area contributed by atoms with Gasteiger partial charge in [0.2, 0.25) is 0 Å². The molecule has 0 aliphatic heterocycles. The molecule has 1 aromatic heterocycles. The van der Waals surface area contributed by atoms with Crippen molar-refractivity contribution in [3.63, 3.8) is 0 Å². The van der Waals surface area contributed by atoms with Crippen LogP contribution in [0.4, 0.5) is 8.78 Å². The summed E-state index contributed by atoms with van der Waals surface area (Å²) >= 11 is -0.472. The van der Waals surface area contributed by atoms with Crippen LogP contribution < -0.4 is 9.80 Å². The molecule has 1 aromatic rings. The summed E-state index contributed by atoms with van der Waals surface area (Å²) in [5.74, 6) is -0.254. The number of hydrogen-bond donors (Lipinski definition) is 1. The van der Waals surface area contributed by atoms with E-state index in [1.165, 1.54) is 12.5 Å². The van der Waals surface area contributed by atoms with E-state index < -0.39 is 27.2 Å². The maximum atomic E-state index is 13.3. The molecule has 1 radical (unpaired) electrons. The molecule has 1 amide bonds. The van der Waals surface area contributed by atoms with Crippen LogP contribution in [0.25, 0.3) is 0 Å². The summed E-state index contributed by atoms with van der Waals surface area (Å²) in [5.41, 5.74) is -0.321. The van der Waals surface area contributed by atoms with Gasteiger partial charge < -0.3 is 0 Å². The molecule has 1 saturated carbocycles. The second-order valence-electron chi connectivity index (χ2n) is 6.26. The quantitative estimate of drug-likeness (QED) is 0.614. The van der Waals surface area contributed by atoms with E-state index in [1.807, 2.05) is 6.92 Å². The van der Waals surface area contributed by atoms with Gasteiger partial charge in [-0.3, -0.25) is 0 Å². The summed E-state index contributed by atoms with van der Waals surface area (Å²) in [6.07, 6.45) is 9.79. The predicted octanol–water partition coefficient (Wildman–Crippen LogP) is 2.34. The predicted molar refractivity (Wildman–Crippen MR) is 89.6 cm³/mol. The number of nitrogens with zero attached hydrogens (tertiary/aromatic N) is 2. The molecule has 0 aromatic carbocycles. The molecule has 0 saturated heterocycles. The Hall–Kier alpha value is -1.47. The van der Waals surface area contributed by atoms with E-state index in [0.717, 1.165) is 0 Å². The van der Waals surface area contributed by atoms with E-state index in [2.05, 4.69) is 21.2 Å². The molecule has 1 aliphatic carbocycles. The third kappa shape index (κ3) is 4.77. The van der Waals surface area contributed by atoms with Crippen LogP contribution >= 0.6 is 0 Å². The van der Waals surface area contributed by atoms with Crippen LogP contribution in [0.2, 0.25) is 4.71 Å². The van der Waals surface area contributed by atoms with E-state index in [1.54, 1.807) is 6.92 Å². The van der Waals surface area contributed by atoms with Gasteiger partial charge in [0.05, 0.1) is 0 Å². The first-order chi connectivity index (χ1) is 11.3. The summed E-state index contributed by atoms with van der Waals surface area (Å²) in [6, 6.07) is 0. The molecule has 1 aliphatic rings. The number of terminal acetylenes is 1. The molecule has 1 N–H and O–H groups in total. The number of carbonyl (C=O) groups is 1. The Balaban J connectivity index is 2.10. The van der Waals surface area contributed by atoms with Gasteiger partial charge in [0, 0.05) is 0 Å². The fourth-order valence-corrected chi connectivity index (χ4v) is 5.14. The molecule has 0 spiro atoms. The fraction of sp³-hybridized carbons (Fsp3) is 0.588. The number of alkyl halides is 2. The minimum absolute atomic E-state index is 0.0785. The van der Waals surface area contributed by atoms with Crippen LogP contribution in [0, 0.1) is 12.3 Å². The molecular weight excluding hydrogens is 375 g/mol. The first kappa shape index (κ1) is 18.9. The zero-order valence-corrected chi connectivity index (χ0v) is 15.7. The van der Waals surface area contributed by atoms with Gasteiger partial charge in [-0.25, -0.2) is 0 Å². The third-order valence-corrected chi connectivity index (χ3v) is 7.45. The summed E-state index contributed by atoms with van der Waals surface area (Å²) in [6.45, 7) is 3.68. The number of hydrogen-bond acceptors (Lipinski definition) is 3. The van der Waals surface area contributed by atoms with E-state index in [0.29, 0.717) is 29.3 Å². The zero-order chi connectivity index (χ0) is 17.8. The van der Waals surface area contributed by atoms with Crippen molar-refractivity contribution in [2.45, 2.75) is 62.1 Å². The average molecular weight is 396 g/mol. The average Bonchev–Trinajstić information content (AvgIpc) is 2.57. The number of carbonyl (C=O) groups excluding carboxylic acids is 1. The van der Waals surface area contributed by atoms with Crippen LogP contribution in [0.5, 0.6) is 0 Å². The molecule has 2 rings (SSSR count). The van der Waals surface area contributed by atoms with Crippen molar-refractivity contribution in [3.8, 4) is 12.3 Å². The van der Waals surface area contributed by atoms with Crippen molar-refractivity contribution in [2.75, 3.05) is 0 Å². The summed E-state index contributed by atoms with van der Waals surface area (Å²) in [7, 11) is 0. The van der Waals surface area contributed by atoms with Gasteiger partial charge in [0.1, 0.15) is 0 Å². The standard InChI is InChI=1S/C17H21AsF2N3O/c1-4-16(3,5-2)23-15(24)13-10-21-11-22-14(13)18-12-6-8-17(19,20)9-7-12/h1,10-12H,5-9H2,2-3H3,(H,23,24). The van der Waals surface area contributed by atoms with E-state index >= 15 is 0 Å². The van der Waals surface area contributed by atoms with E-state index in [9.17, 15) is 13.6 Å². The van der Waals surface area contributed by atoms with Crippen molar-refractivity contribution in [1.29, 1.82) is 0 Å². The number of rotatable bonds is 5. The molecule has 0 bridgehead atoms. The first-order valence-corrected chi connectivity index (χ1v) is 10.00. The molecule has 1 unspecified atom stereocenters. The van der Waals surface area contributed by atoms with Crippen molar-refractivity contribution >= 4 is 26.1 Å². The van der Waals surface area contributed by atoms with Gasteiger partial charge in [-0.1, -0.05) is 0 Å². The third-order valence-electron chi connectivity index (χ3n) is 4.34. The molecule has 24 heavy (non-hydrogen) atoms. The monoisotopic (exact) mass is 396 g/mol. The van der Waals surface area contributed by atoms with Crippen molar-refractivity contribution in [1.82, 2.24) is 15.3 Å². The molecule has 7 heteroatoms. The Bertz CT molecular complexity index is 637. The van der Waals surface area contributed by atoms with Gasteiger partial charge in [0.15, 0.2) is 0 Å². The van der Waals surface area contributed by atoms with Gasteiger partial charge in [0.25, 0.3) is 0 Å². The Kier molecular flexibility index (Phi) is 5.98. The summed E-state index contributed by atoms with van der Waals surface area (Å²) in [4.78, 5) is 20.7. The van der Waals surface area contributed by atoms with Gasteiger partial charge in [-0.2, -0.15) is 0 Å². The van der Waals surface area contributed by atoms with Gasteiger partial charge in [-0.15, -0.1) is 0 Å². The Labute approximate surface area is 147 Å². The van der Waals surface area contributed by atoms with Crippen LogP contribution in [0.3, 0.4) is 0 Å². The van der Waals surface area contributed by atoms with E-state index in [4.69, 9.17) is 6.42 Å². The molecule has 1 heterocycles. The van der Waals surface area contributed by atoms with Crippen molar-refractivity contribution < 1.29 is 13.6 Å². The topological polar surface area (TPSA) is 54.9 Å². The molecular formula is C17H21AsF2N3O. The Morgan fingerprint density at radius 1 is 1.54 bits per heavy atom. The number of aromatic nitrogens is 2. The van der Waals surface area contributed by atoms with Crippen LogP contribution in [-0.4, -0.2) is 43.1 Å². The van der Waals surface area contributed by atoms with Crippen molar-refractivity contribution in [3.05, 3.63) is 18.1 Å². The fourth-order valence-electron chi connectivity index (χ4n) is 2.46. The SMILES string of the molecule is C#CC(C)(CC)NC(=O)c1cncnc1[As]C1CCC(F)(F)CC1. The number of nitrogens with one attached hydrogen (secondary N) is 1. The second-order valence-corrected chi connectivity index (χ2v) is 9.22. The number of halogens is 2. The molecule has 1 fully saturated rings. The maximum absolute atomic E-state index is 13.3. The Morgan fingerprint density at radius 3 is 2.79 bits per heavy atom. The zero-order valence-electron chi connectivity index (χ0n) is 13.9. The van der Waals surface area contributed by atoms with Gasteiger partial charge in [-0.05, 0) is 0 Å². The van der Waals surface area contributed by atoms with E-state index in [-0.39, 0.29) is 23.5 Å². The number of amides is 1. The second kappa shape index (κ2) is 7.61. The minimum atomic E-state index is -2.54. The normalized spacial score (nSPS) is 20.5. The molecule has 1 atom stereocenters.